The van der Waals surface area contributed by atoms with Crippen molar-refractivity contribution in [2.75, 3.05) is 13.2 Å². The second-order valence-corrected chi connectivity index (χ2v) is 8.64. The molecule has 6 nitrogen and oxygen atoms in total. The zero-order chi connectivity index (χ0) is 25.5. The van der Waals surface area contributed by atoms with Gasteiger partial charge in [-0.25, -0.2) is 0 Å². The van der Waals surface area contributed by atoms with Gasteiger partial charge in [0.25, 0.3) is 11.7 Å². The first-order valence-corrected chi connectivity index (χ1v) is 12.3. The Labute approximate surface area is 211 Å². The number of aliphatic hydroxyl groups is 1. The summed E-state index contributed by atoms with van der Waals surface area (Å²) in [5.74, 6) is -0.169. The highest BCUT2D eigenvalue weighted by molar-refractivity contribution is 6.46. The normalized spacial score (nSPS) is 16.8. The summed E-state index contributed by atoms with van der Waals surface area (Å²) in [5.41, 5.74) is 2.13. The number of amides is 1. The maximum atomic E-state index is 13.3. The molecule has 1 unspecified atom stereocenters. The van der Waals surface area contributed by atoms with Crippen molar-refractivity contribution in [2.24, 2.45) is 0 Å². The van der Waals surface area contributed by atoms with E-state index in [0.717, 1.165) is 29.7 Å². The molecule has 6 heteroatoms. The van der Waals surface area contributed by atoms with Crippen LogP contribution in [-0.2, 0) is 16.1 Å². The van der Waals surface area contributed by atoms with Crippen LogP contribution in [0.1, 0.15) is 49.4 Å². The summed E-state index contributed by atoms with van der Waals surface area (Å²) in [6.07, 6.45) is 2.00. The van der Waals surface area contributed by atoms with Crippen molar-refractivity contribution >= 4 is 17.4 Å². The SMILES string of the molecule is CCCCOc1ccc(C2C(=C(O)c3ccc(OCC)cc3)C(=O)C(=O)N2Cc2ccccc2)cc1. The summed E-state index contributed by atoms with van der Waals surface area (Å²) < 4.78 is 11.3. The molecule has 0 aliphatic carbocycles. The number of nitrogens with zero attached hydrogens (tertiary/aromatic N) is 1. The molecule has 3 aromatic rings. The van der Waals surface area contributed by atoms with Crippen LogP contribution in [0, 0.1) is 0 Å². The lowest BCUT2D eigenvalue weighted by Crippen LogP contribution is -2.29. The lowest BCUT2D eigenvalue weighted by molar-refractivity contribution is -0.140. The molecule has 3 aromatic carbocycles. The first-order valence-electron chi connectivity index (χ1n) is 12.3. The zero-order valence-electron chi connectivity index (χ0n) is 20.6. The van der Waals surface area contributed by atoms with Crippen LogP contribution in [0.4, 0.5) is 0 Å². The maximum absolute atomic E-state index is 13.3. The molecular formula is C30H31NO5. The Morgan fingerprint density at radius 3 is 2.14 bits per heavy atom. The van der Waals surface area contributed by atoms with Gasteiger partial charge >= 0.3 is 0 Å². The quantitative estimate of drug-likeness (QED) is 0.168. The summed E-state index contributed by atoms with van der Waals surface area (Å²) in [6, 6.07) is 23.0. The van der Waals surface area contributed by atoms with Crippen molar-refractivity contribution in [1.82, 2.24) is 4.90 Å². The Morgan fingerprint density at radius 2 is 1.50 bits per heavy atom. The number of unbranched alkanes of at least 4 members (excludes halogenated alkanes) is 1. The molecule has 0 saturated carbocycles. The van der Waals surface area contributed by atoms with Crippen molar-refractivity contribution in [2.45, 2.75) is 39.3 Å². The fraction of sp³-hybridized carbons (Fsp3) is 0.267. The molecule has 4 rings (SSSR count). The van der Waals surface area contributed by atoms with E-state index < -0.39 is 17.7 Å². The second-order valence-electron chi connectivity index (χ2n) is 8.64. The number of benzene rings is 3. The third-order valence-electron chi connectivity index (χ3n) is 6.14. The maximum Gasteiger partial charge on any atom is 0.295 e. The van der Waals surface area contributed by atoms with Crippen LogP contribution in [-0.4, -0.2) is 34.9 Å². The number of ether oxygens (including phenoxy) is 2. The zero-order valence-corrected chi connectivity index (χ0v) is 20.6. The van der Waals surface area contributed by atoms with E-state index in [1.54, 1.807) is 24.3 Å². The highest BCUT2D eigenvalue weighted by Crippen LogP contribution is 2.40. The van der Waals surface area contributed by atoms with Crippen LogP contribution in [0.3, 0.4) is 0 Å². The number of rotatable bonds is 10. The third-order valence-corrected chi connectivity index (χ3v) is 6.14. The van der Waals surface area contributed by atoms with Gasteiger partial charge in [-0.15, -0.1) is 0 Å². The van der Waals surface area contributed by atoms with Crippen LogP contribution in [0.25, 0.3) is 5.76 Å². The fourth-order valence-electron chi connectivity index (χ4n) is 4.28. The molecule has 1 fully saturated rings. The first kappa shape index (κ1) is 25.0. The van der Waals surface area contributed by atoms with E-state index in [4.69, 9.17) is 9.47 Å². The predicted octanol–water partition coefficient (Wildman–Crippen LogP) is 5.89. The van der Waals surface area contributed by atoms with Crippen LogP contribution >= 0.6 is 0 Å². The van der Waals surface area contributed by atoms with E-state index in [9.17, 15) is 14.7 Å². The van der Waals surface area contributed by atoms with Gasteiger partial charge in [-0.2, -0.15) is 0 Å². The number of Topliss-reactive ketones (excluding diaryl/α,β-unsaturated/α-hetero) is 1. The van der Waals surface area contributed by atoms with Crippen LogP contribution in [0.15, 0.2) is 84.4 Å². The molecule has 1 saturated heterocycles. The number of likely N-dealkylation sites (tertiary alicyclic amines) is 1. The molecule has 1 amide bonds. The number of aliphatic hydroxyl groups excluding tert-OH is 1. The lowest BCUT2D eigenvalue weighted by Gasteiger charge is -2.25. The highest BCUT2D eigenvalue weighted by Gasteiger charge is 2.46. The number of ketones is 1. The largest absolute Gasteiger partial charge is 0.507 e. The Bertz CT molecular complexity index is 1220. The summed E-state index contributed by atoms with van der Waals surface area (Å²) in [4.78, 5) is 28.0. The molecule has 0 spiro atoms. The van der Waals surface area contributed by atoms with Crippen LogP contribution < -0.4 is 9.47 Å². The van der Waals surface area contributed by atoms with Crippen molar-refractivity contribution in [3.63, 3.8) is 0 Å². The minimum absolute atomic E-state index is 0.0692. The second kappa shape index (κ2) is 11.6. The van der Waals surface area contributed by atoms with Gasteiger partial charge in [-0.3, -0.25) is 9.59 Å². The van der Waals surface area contributed by atoms with Gasteiger partial charge < -0.3 is 19.5 Å². The summed E-state index contributed by atoms with van der Waals surface area (Å²) in [7, 11) is 0. The molecule has 0 radical (unpaired) electrons. The van der Waals surface area contributed by atoms with Gasteiger partial charge in [0.15, 0.2) is 0 Å². The summed E-state index contributed by atoms with van der Waals surface area (Å²) >= 11 is 0. The molecular weight excluding hydrogens is 454 g/mol. The van der Waals surface area contributed by atoms with E-state index in [-0.39, 0.29) is 17.9 Å². The molecule has 186 valence electrons. The molecule has 0 aromatic heterocycles. The van der Waals surface area contributed by atoms with Crippen LogP contribution in [0.2, 0.25) is 0 Å². The van der Waals surface area contributed by atoms with Gasteiger partial charge in [-0.05, 0) is 60.9 Å². The van der Waals surface area contributed by atoms with Gasteiger partial charge in [0.2, 0.25) is 0 Å². The van der Waals surface area contributed by atoms with E-state index >= 15 is 0 Å². The summed E-state index contributed by atoms with van der Waals surface area (Å²) in [6.45, 7) is 5.38. The third kappa shape index (κ3) is 5.43. The van der Waals surface area contributed by atoms with E-state index in [2.05, 4.69) is 6.92 Å². The summed E-state index contributed by atoms with van der Waals surface area (Å²) in [5, 5.41) is 11.3. The highest BCUT2D eigenvalue weighted by atomic mass is 16.5. The standard InChI is InChI=1S/C30H31NO5/c1-3-5-19-36-25-15-11-22(12-16-25)27-26(28(32)23-13-17-24(18-14-23)35-4-2)29(33)30(34)31(27)20-21-9-7-6-8-10-21/h6-18,27,32H,3-5,19-20H2,1-2H3. The molecule has 1 atom stereocenters. The fourth-order valence-corrected chi connectivity index (χ4v) is 4.28. The molecule has 1 heterocycles. The van der Waals surface area contributed by atoms with Gasteiger partial charge in [0, 0.05) is 12.1 Å². The molecule has 1 N–H and O–H groups in total. The number of carbonyl (C=O) groups excluding carboxylic acids is 2. The monoisotopic (exact) mass is 485 g/mol. The van der Waals surface area contributed by atoms with E-state index in [1.807, 2.05) is 61.5 Å². The number of hydrogen-bond donors (Lipinski definition) is 1. The van der Waals surface area contributed by atoms with Crippen molar-refractivity contribution in [3.05, 3.63) is 101 Å². The molecule has 1 aliphatic rings. The van der Waals surface area contributed by atoms with Crippen molar-refractivity contribution in [1.29, 1.82) is 0 Å². The molecule has 1 aliphatic heterocycles. The van der Waals surface area contributed by atoms with E-state index in [1.165, 1.54) is 4.90 Å². The Balaban J connectivity index is 1.74. The topological polar surface area (TPSA) is 76.1 Å². The lowest BCUT2D eigenvalue weighted by atomic mass is 9.95. The first-order chi connectivity index (χ1) is 17.5. The number of hydrogen-bond acceptors (Lipinski definition) is 5. The minimum atomic E-state index is -0.735. The van der Waals surface area contributed by atoms with Gasteiger partial charge in [0.05, 0.1) is 24.8 Å². The number of carbonyl (C=O) groups is 2. The smallest absolute Gasteiger partial charge is 0.295 e. The van der Waals surface area contributed by atoms with Crippen LogP contribution in [0.5, 0.6) is 11.5 Å². The van der Waals surface area contributed by atoms with E-state index in [0.29, 0.717) is 24.5 Å². The molecule has 0 bridgehead atoms. The average molecular weight is 486 g/mol. The predicted molar refractivity (Wildman–Crippen MR) is 139 cm³/mol. The molecule has 36 heavy (non-hydrogen) atoms. The van der Waals surface area contributed by atoms with Crippen molar-refractivity contribution in [3.8, 4) is 11.5 Å². The Morgan fingerprint density at radius 1 is 0.861 bits per heavy atom. The minimum Gasteiger partial charge on any atom is -0.507 e. The van der Waals surface area contributed by atoms with Gasteiger partial charge in [0.1, 0.15) is 17.3 Å². The van der Waals surface area contributed by atoms with Gasteiger partial charge in [-0.1, -0.05) is 55.8 Å². The van der Waals surface area contributed by atoms with Crippen molar-refractivity contribution < 1.29 is 24.2 Å². The Kier molecular flexibility index (Phi) is 8.06. The average Bonchev–Trinajstić information content (AvgIpc) is 3.15. The Hall–Kier alpha value is -4.06.